The highest BCUT2D eigenvalue weighted by atomic mass is 32.2. The van der Waals surface area contributed by atoms with Gasteiger partial charge in [-0.25, -0.2) is 4.79 Å². The van der Waals surface area contributed by atoms with Crippen molar-refractivity contribution in [3.8, 4) is 6.07 Å². The summed E-state index contributed by atoms with van der Waals surface area (Å²) >= 11 is 1.44. The van der Waals surface area contributed by atoms with Crippen LogP contribution < -0.4 is 10.6 Å². The lowest BCUT2D eigenvalue weighted by Crippen LogP contribution is -2.54. The van der Waals surface area contributed by atoms with Gasteiger partial charge >= 0.3 is 6.03 Å². The van der Waals surface area contributed by atoms with Crippen molar-refractivity contribution in [3.63, 3.8) is 0 Å². The molecule has 2 aliphatic heterocycles. The van der Waals surface area contributed by atoms with Crippen LogP contribution in [0.5, 0.6) is 0 Å². The van der Waals surface area contributed by atoms with Gasteiger partial charge in [0.05, 0.1) is 17.5 Å². The zero-order valence-electron chi connectivity index (χ0n) is 19.6. The number of carbonyl (C=O) groups excluding carboxylic acids is 4. The largest absolute Gasteiger partial charge is 0.325 e. The van der Waals surface area contributed by atoms with Crippen molar-refractivity contribution >= 4 is 41.2 Å². The molecule has 1 aromatic rings. The third kappa shape index (κ3) is 4.62. The van der Waals surface area contributed by atoms with Crippen LogP contribution in [0.3, 0.4) is 0 Å². The molecule has 10 heteroatoms. The molecule has 34 heavy (non-hydrogen) atoms. The molecule has 5 amide bonds. The minimum absolute atomic E-state index is 0.0964. The van der Waals surface area contributed by atoms with Crippen LogP contribution in [0, 0.1) is 22.7 Å². The fourth-order valence-electron chi connectivity index (χ4n) is 5.64. The molecule has 3 fully saturated rings. The number of rotatable bonds is 4. The van der Waals surface area contributed by atoms with Crippen LogP contribution in [-0.4, -0.2) is 63.3 Å². The van der Waals surface area contributed by atoms with Gasteiger partial charge in [0.25, 0.3) is 5.91 Å². The second-order valence-corrected chi connectivity index (χ2v) is 11.3. The Hall–Kier alpha value is -3.06. The fourth-order valence-corrected chi connectivity index (χ4v) is 6.82. The zero-order valence-corrected chi connectivity index (χ0v) is 20.4. The lowest BCUT2D eigenvalue weighted by atomic mass is 9.64. The van der Waals surface area contributed by atoms with Gasteiger partial charge in [-0.15, -0.1) is 11.8 Å². The maximum Gasteiger partial charge on any atom is 0.325 e. The van der Waals surface area contributed by atoms with Crippen LogP contribution in [0.15, 0.2) is 24.3 Å². The number of nitrogens with zero attached hydrogens (tertiary/aromatic N) is 3. The first-order valence-corrected chi connectivity index (χ1v) is 12.5. The standard InChI is InChI=1S/C24H29N5O4S/c1-15-8-23(2,3)13-24(9-15)21(32)28(22(33)27-24)11-19(30)29-14-34-12-18(29)20(31)26-17-6-4-16(10-25)5-7-17/h4-7,15,18H,8-9,11-14H2,1-3H3,(H,26,31)(H,27,33). The average molecular weight is 484 g/mol. The van der Waals surface area contributed by atoms with Gasteiger partial charge in [-0.3, -0.25) is 19.3 Å². The topological polar surface area (TPSA) is 123 Å². The number of anilines is 1. The SMILES string of the molecule is CC1CC(C)(C)CC2(C1)NC(=O)N(CC(=O)N1CSCC1C(=O)Nc1ccc(C#N)cc1)C2=O. The van der Waals surface area contributed by atoms with E-state index in [2.05, 4.69) is 31.4 Å². The van der Waals surface area contributed by atoms with Crippen LogP contribution in [0.4, 0.5) is 10.5 Å². The van der Waals surface area contributed by atoms with Crippen LogP contribution in [-0.2, 0) is 14.4 Å². The third-order valence-corrected chi connectivity index (χ3v) is 7.72. The van der Waals surface area contributed by atoms with Crippen molar-refractivity contribution in [2.45, 2.75) is 51.6 Å². The van der Waals surface area contributed by atoms with E-state index < -0.39 is 23.5 Å². The number of hydrogen-bond acceptors (Lipinski definition) is 6. The molecule has 3 unspecified atom stereocenters. The van der Waals surface area contributed by atoms with Gasteiger partial charge in [-0.05, 0) is 54.9 Å². The average Bonchev–Trinajstić information content (AvgIpc) is 3.33. The quantitative estimate of drug-likeness (QED) is 0.635. The molecule has 3 atom stereocenters. The molecule has 1 aromatic carbocycles. The van der Waals surface area contributed by atoms with E-state index in [4.69, 9.17) is 5.26 Å². The van der Waals surface area contributed by atoms with Gasteiger partial charge in [0, 0.05) is 11.4 Å². The summed E-state index contributed by atoms with van der Waals surface area (Å²) < 4.78 is 0. The molecule has 1 saturated carbocycles. The number of benzene rings is 1. The second kappa shape index (κ2) is 8.95. The van der Waals surface area contributed by atoms with Gasteiger partial charge in [0.2, 0.25) is 11.8 Å². The van der Waals surface area contributed by atoms with Crippen LogP contribution in [0.2, 0.25) is 0 Å². The monoisotopic (exact) mass is 483 g/mol. The zero-order chi connectivity index (χ0) is 24.7. The first-order chi connectivity index (χ1) is 16.0. The van der Waals surface area contributed by atoms with E-state index in [0.29, 0.717) is 35.7 Å². The Bertz CT molecular complexity index is 1070. The lowest BCUT2D eigenvalue weighted by Gasteiger charge is -2.43. The van der Waals surface area contributed by atoms with Crippen molar-refractivity contribution in [1.29, 1.82) is 5.26 Å². The van der Waals surface area contributed by atoms with Crippen molar-refractivity contribution in [1.82, 2.24) is 15.1 Å². The Morgan fingerprint density at radius 2 is 1.94 bits per heavy atom. The van der Waals surface area contributed by atoms with Crippen LogP contribution in [0.1, 0.15) is 45.6 Å². The summed E-state index contributed by atoms with van der Waals surface area (Å²) in [4.78, 5) is 54.5. The summed E-state index contributed by atoms with van der Waals surface area (Å²) in [6.07, 6.45) is 2.06. The summed E-state index contributed by atoms with van der Waals surface area (Å²) in [5.74, 6) is -0.134. The Balaban J connectivity index is 1.43. The van der Waals surface area contributed by atoms with E-state index in [1.807, 2.05) is 6.07 Å². The summed E-state index contributed by atoms with van der Waals surface area (Å²) in [6, 6.07) is 7.22. The highest BCUT2D eigenvalue weighted by Gasteiger charge is 2.56. The van der Waals surface area contributed by atoms with Gasteiger partial charge in [0.15, 0.2) is 0 Å². The normalized spacial score (nSPS) is 28.1. The molecule has 4 rings (SSSR count). The summed E-state index contributed by atoms with van der Waals surface area (Å²) in [6.45, 7) is 5.88. The minimum Gasteiger partial charge on any atom is -0.324 e. The van der Waals surface area contributed by atoms with E-state index in [1.165, 1.54) is 16.7 Å². The van der Waals surface area contributed by atoms with Gasteiger partial charge < -0.3 is 15.5 Å². The maximum absolute atomic E-state index is 13.3. The molecule has 1 aliphatic carbocycles. The van der Waals surface area contributed by atoms with Crippen molar-refractivity contribution in [3.05, 3.63) is 29.8 Å². The molecular weight excluding hydrogens is 454 g/mol. The molecule has 0 aromatic heterocycles. The molecule has 2 heterocycles. The van der Waals surface area contributed by atoms with Gasteiger partial charge in [-0.2, -0.15) is 5.26 Å². The van der Waals surface area contributed by atoms with Crippen LogP contribution >= 0.6 is 11.8 Å². The smallest absolute Gasteiger partial charge is 0.324 e. The van der Waals surface area contributed by atoms with Crippen molar-refractivity contribution in [2.75, 3.05) is 23.5 Å². The van der Waals surface area contributed by atoms with Crippen molar-refractivity contribution < 1.29 is 19.2 Å². The second-order valence-electron chi connectivity index (χ2n) is 10.3. The predicted octanol–water partition coefficient (Wildman–Crippen LogP) is 2.54. The molecule has 0 radical (unpaired) electrons. The predicted molar refractivity (Wildman–Crippen MR) is 128 cm³/mol. The highest BCUT2D eigenvalue weighted by molar-refractivity contribution is 7.99. The maximum atomic E-state index is 13.3. The number of amides is 5. The van der Waals surface area contributed by atoms with Crippen LogP contribution in [0.25, 0.3) is 0 Å². The van der Waals surface area contributed by atoms with Crippen molar-refractivity contribution in [2.24, 2.45) is 11.3 Å². The first kappa shape index (κ1) is 24.1. The third-order valence-electron chi connectivity index (χ3n) is 6.70. The molecule has 2 saturated heterocycles. The minimum atomic E-state index is -0.968. The van der Waals surface area contributed by atoms with E-state index in [1.54, 1.807) is 24.3 Å². The molecule has 1 spiro atoms. The number of urea groups is 1. The molecule has 2 N–H and O–H groups in total. The Morgan fingerprint density at radius 1 is 1.24 bits per heavy atom. The van der Waals surface area contributed by atoms with Gasteiger partial charge in [-0.1, -0.05) is 20.8 Å². The van der Waals surface area contributed by atoms with Gasteiger partial charge in [0.1, 0.15) is 18.1 Å². The summed E-state index contributed by atoms with van der Waals surface area (Å²) in [7, 11) is 0. The summed E-state index contributed by atoms with van der Waals surface area (Å²) in [5.41, 5.74) is -0.0578. The lowest BCUT2D eigenvalue weighted by molar-refractivity contribution is -0.142. The van der Waals surface area contributed by atoms with E-state index in [9.17, 15) is 19.2 Å². The number of carbonyl (C=O) groups is 4. The molecule has 0 bridgehead atoms. The first-order valence-electron chi connectivity index (χ1n) is 11.4. The Morgan fingerprint density at radius 3 is 2.59 bits per heavy atom. The molecule has 9 nitrogen and oxygen atoms in total. The highest BCUT2D eigenvalue weighted by Crippen LogP contribution is 2.46. The number of imide groups is 1. The number of nitriles is 1. The summed E-state index contributed by atoms with van der Waals surface area (Å²) in [5, 5.41) is 14.6. The number of hydrogen-bond donors (Lipinski definition) is 2. The number of nitrogens with one attached hydrogen (secondary N) is 2. The Kier molecular flexibility index (Phi) is 6.34. The molecular formula is C24H29N5O4S. The molecule has 180 valence electrons. The number of thioether (sulfide) groups is 1. The van der Waals surface area contributed by atoms with E-state index >= 15 is 0 Å². The molecule has 3 aliphatic rings. The fraction of sp³-hybridized carbons (Fsp3) is 0.542. The van der Waals surface area contributed by atoms with E-state index in [0.717, 1.165) is 11.3 Å². The van der Waals surface area contributed by atoms with E-state index in [-0.39, 0.29) is 29.7 Å². The Labute approximate surface area is 203 Å².